The zero-order valence-corrected chi connectivity index (χ0v) is 14.2. The Bertz CT molecular complexity index is 287. The summed E-state index contributed by atoms with van der Waals surface area (Å²) in [4.78, 5) is 19.9. The number of aliphatic hydroxyl groups is 1. The fraction of sp³-hybridized carbons (Fsp3) is 0.588. The van der Waals surface area contributed by atoms with Crippen molar-refractivity contribution < 1.29 is 24.2 Å². The van der Waals surface area contributed by atoms with E-state index >= 15 is 0 Å². The minimum Gasteiger partial charge on any atom is -0.460 e. The van der Waals surface area contributed by atoms with Gasteiger partial charge in [0.2, 0.25) is 0 Å². The molecule has 1 atom stereocenters. The van der Waals surface area contributed by atoms with E-state index in [4.69, 9.17) is 5.11 Å². The van der Waals surface area contributed by atoms with Gasteiger partial charge in [0.25, 0.3) is 0 Å². The maximum atomic E-state index is 10.1. The number of ether oxygens (including phenoxy) is 2. The lowest BCUT2D eigenvalue weighted by atomic mass is 10.0. The zero-order chi connectivity index (χ0) is 17.8. The Hall–Kier alpha value is -1.62. The molecule has 1 radical (unpaired) electrons. The monoisotopic (exact) mass is 315 g/mol. The highest BCUT2D eigenvalue weighted by Gasteiger charge is 1.94. The Balaban J connectivity index is -0.000000249. The lowest BCUT2D eigenvalue weighted by Gasteiger charge is -2.04. The van der Waals surface area contributed by atoms with E-state index in [1.165, 1.54) is 32.6 Å². The van der Waals surface area contributed by atoms with E-state index in [-0.39, 0.29) is 19.2 Å². The molecule has 129 valence electrons. The van der Waals surface area contributed by atoms with Gasteiger partial charge in [-0.1, -0.05) is 59.6 Å². The maximum absolute atomic E-state index is 10.1. The first-order chi connectivity index (χ1) is 10.4. The van der Waals surface area contributed by atoms with Gasteiger partial charge >= 0.3 is 11.9 Å². The van der Waals surface area contributed by atoms with Crippen molar-refractivity contribution in [2.45, 2.75) is 46.5 Å². The second-order valence-corrected chi connectivity index (χ2v) is 4.29. The van der Waals surface area contributed by atoms with E-state index in [1.54, 1.807) is 0 Å². The van der Waals surface area contributed by atoms with Crippen LogP contribution in [0.15, 0.2) is 25.5 Å². The normalized spacial score (nSPS) is 9.86. The maximum Gasteiger partial charge on any atom is 0.330 e. The van der Waals surface area contributed by atoms with Crippen molar-refractivity contribution >= 4 is 11.9 Å². The Kier molecular flexibility index (Phi) is 25.0. The van der Waals surface area contributed by atoms with Crippen LogP contribution in [0.1, 0.15) is 46.5 Å². The number of esters is 2. The fourth-order valence-corrected chi connectivity index (χ4v) is 1.02. The fourth-order valence-electron chi connectivity index (χ4n) is 1.02. The molecule has 0 aliphatic heterocycles. The van der Waals surface area contributed by atoms with Crippen molar-refractivity contribution in [3.63, 3.8) is 0 Å². The van der Waals surface area contributed by atoms with Gasteiger partial charge in [0.15, 0.2) is 0 Å². The number of rotatable bonds is 8. The lowest BCUT2D eigenvalue weighted by Crippen LogP contribution is -2.04. The minimum absolute atomic E-state index is 0.0465. The van der Waals surface area contributed by atoms with Gasteiger partial charge in [0, 0.05) is 13.0 Å². The van der Waals surface area contributed by atoms with Crippen molar-refractivity contribution in [2.75, 3.05) is 13.2 Å². The third-order valence-electron chi connectivity index (χ3n) is 2.29. The predicted octanol–water partition coefficient (Wildman–Crippen LogP) is 3.44. The summed E-state index contributed by atoms with van der Waals surface area (Å²) < 4.78 is 8.50. The number of carbonyl (C=O) groups excluding carboxylic acids is 2. The minimum atomic E-state index is -0.501. The standard InChI is InChI=1S/C8H17.C5H8O3.C4H6O2/c1-4-6-7-8(3)5-2;1-2-5(7)8-4-3-6;1-3-6-4(2)5/h8H,3-7H2,1-2H3;2,6H,1,3-4H2;3H,1H2,2H3. The number of unbranched alkanes of at least 4 members (excludes halogenated alkanes) is 1. The molecule has 0 aromatic heterocycles. The Morgan fingerprint density at radius 1 is 1.27 bits per heavy atom. The van der Waals surface area contributed by atoms with Gasteiger partial charge in [0.05, 0.1) is 12.9 Å². The molecule has 0 heterocycles. The Morgan fingerprint density at radius 3 is 2.14 bits per heavy atom. The highest BCUT2D eigenvalue weighted by molar-refractivity contribution is 5.81. The van der Waals surface area contributed by atoms with Crippen LogP contribution < -0.4 is 0 Å². The second kappa shape index (κ2) is 21.7. The lowest BCUT2D eigenvalue weighted by molar-refractivity contribution is -0.138. The molecule has 1 N–H and O–H groups in total. The van der Waals surface area contributed by atoms with Gasteiger partial charge in [-0.2, -0.15) is 0 Å². The van der Waals surface area contributed by atoms with E-state index in [0.717, 1.165) is 12.3 Å². The quantitative estimate of drug-likeness (QED) is 0.422. The Morgan fingerprint density at radius 2 is 1.86 bits per heavy atom. The summed E-state index contributed by atoms with van der Waals surface area (Å²) in [6.45, 7) is 16.0. The third-order valence-corrected chi connectivity index (χ3v) is 2.29. The first-order valence-electron chi connectivity index (χ1n) is 7.40. The van der Waals surface area contributed by atoms with Crippen LogP contribution >= 0.6 is 0 Å². The SMILES string of the molecule is C=CC(=O)OCCO.C=COC(C)=O.[CH2]C(CC)CCCC. The highest BCUT2D eigenvalue weighted by Crippen LogP contribution is 2.09. The van der Waals surface area contributed by atoms with E-state index in [9.17, 15) is 9.59 Å². The highest BCUT2D eigenvalue weighted by atomic mass is 16.5. The summed E-state index contributed by atoms with van der Waals surface area (Å²) in [5.41, 5.74) is 0. The topological polar surface area (TPSA) is 72.8 Å². The summed E-state index contributed by atoms with van der Waals surface area (Å²) in [7, 11) is 0. The number of aliphatic hydroxyl groups excluding tert-OH is 1. The molecule has 5 heteroatoms. The van der Waals surface area contributed by atoms with E-state index < -0.39 is 5.97 Å². The first kappa shape index (κ1) is 25.3. The molecule has 1 unspecified atom stereocenters. The summed E-state index contributed by atoms with van der Waals surface area (Å²) in [5, 5.41) is 8.10. The average Bonchev–Trinajstić information content (AvgIpc) is 2.51. The largest absolute Gasteiger partial charge is 0.460 e. The van der Waals surface area contributed by atoms with E-state index in [1.807, 2.05) is 0 Å². The molecule has 5 nitrogen and oxygen atoms in total. The molecular formula is C17H31O5. The Labute approximate surface area is 135 Å². The average molecular weight is 315 g/mol. The second-order valence-electron chi connectivity index (χ2n) is 4.29. The predicted molar refractivity (Wildman–Crippen MR) is 88.9 cm³/mol. The smallest absolute Gasteiger partial charge is 0.330 e. The molecule has 22 heavy (non-hydrogen) atoms. The van der Waals surface area contributed by atoms with Crippen molar-refractivity contribution in [3.8, 4) is 0 Å². The van der Waals surface area contributed by atoms with Crippen molar-refractivity contribution in [1.82, 2.24) is 0 Å². The molecule has 0 rings (SSSR count). The molecule has 0 aromatic rings. The van der Waals surface area contributed by atoms with E-state index in [0.29, 0.717) is 5.92 Å². The molecular weight excluding hydrogens is 284 g/mol. The van der Waals surface area contributed by atoms with Crippen molar-refractivity contribution in [1.29, 1.82) is 0 Å². The molecule has 0 saturated carbocycles. The van der Waals surface area contributed by atoms with E-state index in [2.05, 4.69) is 43.4 Å². The molecule has 0 fully saturated rings. The molecule has 0 aliphatic rings. The summed E-state index contributed by atoms with van der Waals surface area (Å²) in [5.74, 6) is -0.126. The molecule has 0 bridgehead atoms. The van der Waals surface area contributed by atoms with Crippen LogP contribution in [0.4, 0.5) is 0 Å². The van der Waals surface area contributed by atoms with Gasteiger partial charge in [0.1, 0.15) is 6.61 Å². The molecule has 0 saturated heterocycles. The van der Waals surface area contributed by atoms with Gasteiger partial charge in [-0.05, 0) is 5.92 Å². The zero-order valence-electron chi connectivity index (χ0n) is 14.2. The van der Waals surface area contributed by atoms with Gasteiger partial charge in [-0.25, -0.2) is 4.79 Å². The molecule has 0 spiro atoms. The van der Waals surface area contributed by atoms with Crippen molar-refractivity contribution in [3.05, 3.63) is 32.4 Å². The number of carbonyl (C=O) groups is 2. The van der Waals surface area contributed by atoms with Crippen LogP contribution in [0.5, 0.6) is 0 Å². The molecule has 0 amide bonds. The van der Waals surface area contributed by atoms with Crippen LogP contribution in [0.25, 0.3) is 0 Å². The van der Waals surface area contributed by atoms with Gasteiger partial charge < -0.3 is 14.6 Å². The van der Waals surface area contributed by atoms with Gasteiger partial charge in [-0.15, -0.1) is 0 Å². The van der Waals surface area contributed by atoms with Crippen LogP contribution in [-0.4, -0.2) is 30.3 Å². The summed E-state index contributed by atoms with van der Waals surface area (Å²) >= 11 is 0. The summed E-state index contributed by atoms with van der Waals surface area (Å²) in [6.07, 6.45) is 7.36. The van der Waals surface area contributed by atoms with Gasteiger partial charge in [-0.3, -0.25) is 4.79 Å². The molecule has 0 aromatic carbocycles. The van der Waals surface area contributed by atoms with Crippen LogP contribution in [0.3, 0.4) is 0 Å². The van der Waals surface area contributed by atoms with Crippen LogP contribution in [0.2, 0.25) is 0 Å². The van der Waals surface area contributed by atoms with Crippen LogP contribution in [0, 0.1) is 12.8 Å². The molecule has 0 aliphatic carbocycles. The first-order valence-corrected chi connectivity index (χ1v) is 7.40. The summed E-state index contributed by atoms with van der Waals surface area (Å²) in [6, 6.07) is 0. The van der Waals surface area contributed by atoms with Crippen LogP contribution in [-0.2, 0) is 19.1 Å². The number of hydrogen-bond donors (Lipinski definition) is 1. The third kappa shape index (κ3) is 31.0. The van der Waals surface area contributed by atoms with Crippen molar-refractivity contribution in [2.24, 2.45) is 5.92 Å². The number of hydrogen-bond acceptors (Lipinski definition) is 5.